The number of hydrogen-bond acceptors (Lipinski definition) is 5. The van der Waals surface area contributed by atoms with Gasteiger partial charge in [0.05, 0.1) is 19.3 Å². The van der Waals surface area contributed by atoms with Crippen LogP contribution in [-0.2, 0) is 0 Å². The van der Waals surface area contributed by atoms with Crippen molar-refractivity contribution >= 4 is 0 Å². The van der Waals surface area contributed by atoms with Crippen molar-refractivity contribution in [2.45, 2.75) is 52.3 Å². The van der Waals surface area contributed by atoms with Crippen molar-refractivity contribution in [3.63, 3.8) is 0 Å². The minimum absolute atomic E-state index is 0.0577. The Morgan fingerprint density at radius 2 is 2.04 bits per heavy atom. The third-order valence-electron chi connectivity index (χ3n) is 4.66. The lowest BCUT2D eigenvalue weighted by Crippen LogP contribution is -2.52. The van der Waals surface area contributed by atoms with Gasteiger partial charge in [-0.15, -0.1) is 0 Å². The summed E-state index contributed by atoms with van der Waals surface area (Å²) in [6.45, 7) is 12.4. The molecule has 1 aromatic carbocycles. The maximum Gasteiger partial charge on any atom is 0.161 e. The standard InChI is InChI=1S/C20H31N3O2/c1-6-9-22-10-11-23(14-16(22)4)18(13-21)17-7-8-19(24-5)20(12-17)25-15(2)3/h7-8,12,15-16,18H,6,9-11,14H2,1-5H3. The molecule has 0 amide bonds. The van der Waals surface area contributed by atoms with Gasteiger partial charge >= 0.3 is 0 Å². The second-order valence-electron chi connectivity index (χ2n) is 6.99. The van der Waals surface area contributed by atoms with E-state index in [1.807, 2.05) is 32.0 Å². The zero-order valence-electron chi connectivity index (χ0n) is 16.2. The van der Waals surface area contributed by atoms with Gasteiger partial charge in [0.1, 0.15) is 6.04 Å². The predicted molar refractivity (Wildman–Crippen MR) is 100 cm³/mol. The third kappa shape index (κ3) is 4.87. The van der Waals surface area contributed by atoms with Crippen LogP contribution in [-0.4, -0.2) is 55.2 Å². The lowest BCUT2D eigenvalue weighted by Gasteiger charge is -2.41. The molecule has 0 bridgehead atoms. The highest BCUT2D eigenvalue weighted by Crippen LogP contribution is 2.33. The Kier molecular flexibility index (Phi) is 7.10. The van der Waals surface area contributed by atoms with E-state index in [1.165, 1.54) is 6.42 Å². The first-order chi connectivity index (χ1) is 12.0. The van der Waals surface area contributed by atoms with Crippen molar-refractivity contribution < 1.29 is 9.47 Å². The summed E-state index contributed by atoms with van der Waals surface area (Å²) in [7, 11) is 1.64. The minimum Gasteiger partial charge on any atom is -0.493 e. The van der Waals surface area contributed by atoms with Gasteiger partial charge in [0, 0.05) is 25.7 Å². The first kappa shape index (κ1) is 19.6. The molecule has 138 valence electrons. The average molecular weight is 345 g/mol. The molecule has 5 nitrogen and oxygen atoms in total. The summed E-state index contributed by atoms with van der Waals surface area (Å²) >= 11 is 0. The van der Waals surface area contributed by atoms with E-state index < -0.39 is 0 Å². The van der Waals surface area contributed by atoms with Gasteiger partial charge in [0.2, 0.25) is 0 Å². The van der Waals surface area contributed by atoms with Crippen molar-refractivity contribution in [3.05, 3.63) is 23.8 Å². The largest absolute Gasteiger partial charge is 0.493 e. The summed E-state index contributed by atoms with van der Waals surface area (Å²) in [5, 5.41) is 9.81. The Balaban J connectivity index is 2.19. The number of methoxy groups -OCH3 is 1. The third-order valence-corrected chi connectivity index (χ3v) is 4.66. The van der Waals surface area contributed by atoms with Gasteiger partial charge < -0.3 is 9.47 Å². The van der Waals surface area contributed by atoms with Crippen LogP contribution >= 0.6 is 0 Å². The molecule has 1 saturated heterocycles. The number of ether oxygens (including phenoxy) is 2. The Hall–Kier alpha value is -1.77. The van der Waals surface area contributed by atoms with E-state index >= 15 is 0 Å². The molecule has 0 aliphatic carbocycles. The molecular weight excluding hydrogens is 314 g/mol. The number of nitriles is 1. The number of rotatable bonds is 7. The summed E-state index contributed by atoms with van der Waals surface area (Å²) in [5.74, 6) is 1.41. The quantitative estimate of drug-likeness (QED) is 0.757. The van der Waals surface area contributed by atoms with Crippen LogP contribution in [0.5, 0.6) is 11.5 Å². The van der Waals surface area contributed by atoms with Crippen LogP contribution in [0.2, 0.25) is 0 Å². The van der Waals surface area contributed by atoms with E-state index in [9.17, 15) is 5.26 Å². The summed E-state index contributed by atoms with van der Waals surface area (Å²) in [5.41, 5.74) is 0.968. The van der Waals surface area contributed by atoms with Gasteiger partial charge in [-0.1, -0.05) is 13.0 Å². The van der Waals surface area contributed by atoms with E-state index in [-0.39, 0.29) is 12.1 Å². The smallest absolute Gasteiger partial charge is 0.161 e. The number of piperazine rings is 1. The first-order valence-electron chi connectivity index (χ1n) is 9.22. The Bertz CT molecular complexity index is 597. The molecule has 0 saturated carbocycles. The Labute approximate surface area is 152 Å². The fraction of sp³-hybridized carbons (Fsp3) is 0.650. The molecule has 0 radical (unpaired) electrons. The van der Waals surface area contributed by atoms with Crippen molar-refractivity contribution in [1.82, 2.24) is 9.80 Å². The lowest BCUT2D eigenvalue weighted by molar-refractivity contribution is 0.0689. The number of benzene rings is 1. The summed E-state index contributed by atoms with van der Waals surface area (Å²) in [6, 6.07) is 8.52. The zero-order chi connectivity index (χ0) is 18.4. The number of hydrogen-bond donors (Lipinski definition) is 0. The second-order valence-corrected chi connectivity index (χ2v) is 6.99. The molecule has 0 aromatic heterocycles. The molecule has 2 rings (SSSR count). The summed E-state index contributed by atoms with van der Waals surface area (Å²) in [6.07, 6.45) is 1.22. The molecule has 25 heavy (non-hydrogen) atoms. The monoisotopic (exact) mass is 345 g/mol. The predicted octanol–water partition coefficient (Wildman–Crippen LogP) is 3.46. The van der Waals surface area contributed by atoms with E-state index in [2.05, 4.69) is 29.7 Å². The molecule has 1 heterocycles. The molecule has 1 fully saturated rings. The molecule has 2 atom stereocenters. The van der Waals surface area contributed by atoms with Crippen LogP contribution in [0.25, 0.3) is 0 Å². The topological polar surface area (TPSA) is 48.7 Å². The van der Waals surface area contributed by atoms with Crippen LogP contribution in [0, 0.1) is 11.3 Å². The van der Waals surface area contributed by atoms with Gasteiger partial charge in [-0.3, -0.25) is 9.80 Å². The molecule has 5 heteroatoms. The molecule has 0 spiro atoms. The van der Waals surface area contributed by atoms with Crippen molar-refractivity contribution in [2.24, 2.45) is 0 Å². The highest BCUT2D eigenvalue weighted by atomic mass is 16.5. The van der Waals surface area contributed by atoms with E-state index in [0.717, 1.165) is 31.7 Å². The Morgan fingerprint density at radius 1 is 1.28 bits per heavy atom. The van der Waals surface area contributed by atoms with Crippen molar-refractivity contribution in [3.8, 4) is 17.6 Å². The maximum absolute atomic E-state index is 9.81. The van der Waals surface area contributed by atoms with Crippen LogP contribution in [0.3, 0.4) is 0 Å². The lowest BCUT2D eigenvalue weighted by atomic mass is 10.0. The molecule has 0 N–H and O–H groups in total. The highest BCUT2D eigenvalue weighted by Gasteiger charge is 2.29. The molecular formula is C20H31N3O2. The minimum atomic E-state index is -0.258. The van der Waals surface area contributed by atoms with Crippen LogP contribution < -0.4 is 9.47 Å². The van der Waals surface area contributed by atoms with E-state index in [4.69, 9.17) is 9.47 Å². The zero-order valence-corrected chi connectivity index (χ0v) is 16.2. The van der Waals surface area contributed by atoms with Crippen LogP contribution in [0.1, 0.15) is 45.7 Å². The summed E-state index contributed by atoms with van der Waals surface area (Å²) in [4.78, 5) is 4.78. The van der Waals surface area contributed by atoms with Gasteiger partial charge in [0.25, 0.3) is 0 Å². The fourth-order valence-corrected chi connectivity index (χ4v) is 3.45. The van der Waals surface area contributed by atoms with Crippen molar-refractivity contribution in [1.29, 1.82) is 5.26 Å². The average Bonchev–Trinajstić information content (AvgIpc) is 2.58. The molecule has 1 aromatic rings. The normalized spacial score (nSPS) is 20.3. The van der Waals surface area contributed by atoms with E-state index in [0.29, 0.717) is 17.5 Å². The summed E-state index contributed by atoms with van der Waals surface area (Å²) < 4.78 is 11.3. The SMILES string of the molecule is CCCN1CCN(C(C#N)c2ccc(OC)c(OC(C)C)c2)CC1C. The number of nitrogens with zero attached hydrogens (tertiary/aromatic N) is 3. The highest BCUT2D eigenvalue weighted by molar-refractivity contribution is 5.45. The Morgan fingerprint density at radius 3 is 2.60 bits per heavy atom. The van der Waals surface area contributed by atoms with Gasteiger partial charge in [-0.05, 0) is 51.4 Å². The second kappa shape index (κ2) is 9.07. The first-order valence-corrected chi connectivity index (χ1v) is 9.22. The van der Waals surface area contributed by atoms with Crippen LogP contribution in [0.15, 0.2) is 18.2 Å². The molecule has 1 aliphatic rings. The molecule has 2 unspecified atom stereocenters. The van der Waals surface area contributed by atoms with Crippen molar-refractivity contribution in [2.75, 3.05) is 33.3 Å². The van der Waals surface area contributed by atoms with Crippen LogP contribution in [0.4, 0.5) is 0 Å². The molecule has 1 aliphatic heterocycles. The van der Waals surface area contributed by atoms with Gasteiger partial charge in [-0.2, -0.15) is 5.26 Å². The fourth-order valence-electron chi connectivity index (χ4n) is 3.45. The van der Waals surface area contributed by atoms with Gasteiger partial charge in [0.15, 0.2) is 11.5 Å². The maximum atomic E-state index is 9.81. The van der Waals surface area contributed by atoms with Gasteiger partial charge in [-0.25, -0.2) is 0 Å². The van der Waals surface area contributed by atoms with E-state index in [1.54, 1.807) is 7.11 Å².